The van der Waals surface area contributed by atoms with Crippen molar-refractivity contribution < 1.29 is 18.3 Å². The first kappa shape index (κ1) is 25.4. The average molecular weight is 473 g/mol. The van der Waals surface area contributed by atoms with Crippen LogP contribution in [0.4, 0.5) is 8.78 Å². The van der Waals surface area contributed by atoms with Crippen molar-refractivity contribution in [2.75, 3.05) is 13.7 Å². The number of rotatable bonds is 8. The van der Waals surface area contributed by atoms with Crippen LogP contribution in [0.5, 0.6) is 5.75 Å². The molecule has 0 radical (unpaired) electrons. The highest BCUT2D eigenvalue weighted by atomic mass is 19.2. The van der Waals surface area contributed by atoms with E-state index in [0.29, 0.717) is 23.5 Å². The number of hydrogen-bond acceptors (Lipinski definition) is 2. The molecule has 0 amide bonds. The largest absolute Gasteiger partial charge is 0.494 e. The van der Waals surface area contributed by atoms with E-state index in [0.717, 1.165) is 43.3 Å². The van der Waals surface area contributed by atoms with E-state index < -0.39 is 11.6 Å². The molecule has 1 saturated heterocycles. The van der Waals surface area contributed by atoms with Gasteiger partial charge in [0.05, 0.1) is 19.8 Å². The molecular formula is C30H42F2O2. The fourth-order valence-electron chi connectivity index (χ4n) is 6.37. The van der Waals surface area contributed by atoms with E-state index >= 15 is 0 Å². The van der Waals surface area contributed by atoms with Crippen LogP contribution in [0.15, 0.2) is 30.4 Å². The van der Waals surface area contributed by atoms with E-state index in [4.69, 9.17) is 9.47 Å². The van der Waals surface area contributed by atoms with Crippen molar-refractivity contribution in [1.29, 1.82) is 0 Å². The lowest BCUT2D eigenvalue weighted by atomic mass is 9.73. The molecule has 1 aromatic carbocycles. The van der Waals surface area contributed by atoms with Crippen LogP contribution in [0.1, 0.15) is 89.5 Å². The number of allylic oxidation sites excluding steroid dienone is 4. The quantitative estimate of drug-likeness (QED) is 0.353. The zero-order valence-electron chi connectivity index (χ0n) is 21.0. The minimum Gasteiger partial charge on any atom is -0.494 e. The molecule has 4 rings (SSSR count). The van der Waals surface area contributed by atoms with Crippen molar-refractivity contribution in [3.05, 3.63) is 47.6 Å². The smallest absolute Gasteiger partial charge is 0.201 e. The lowest BCUT2D eigenvalue weighted by molar-refractivity contribution is -0.0701. The normalized spacial score (nSPS) is 30.4. The number of benzene rings is 1. The van der Waals surface area contributed by atoms with Gasteiger partial charge in [0.2, 0.25) is 5.82 Å². The van der Waals surface area contributed by atoms with Crippen LogP contribution in [0.2, 0.25) is 0 Å². The summed E-state index contributed by atoms with van der Waals surface area (Å²) in [6, 6.07) is 3.17. The summed E-state index contributed by atoms with van der Waals surface area (Å²) in [5, 5.41) is 0. The Kier molecular flexibility index (Phi) is 9.22. The Morgan fingerprint density at radius 1 is 0.941 bits per heavy atom. The molecule has 2 nitrogen and oxygen atoms in total. The number of ether oxygens (including phenoxy) is 2. The zero-order valence-corrected chi connectivity index (χ0v) is 21.0. The third-order valence-corrected chi connectivity index (χ3v) is 8.59. The number of hydrogen-bond donors (Lipinski definition) is 0. The monoisotopic (exact) mass is 472 g/mol. The van der Waals surface area contributed by atoms with E-state index in [1.165, 1.54) is 71.0 Å². The summed E-state index contributed by atoms with van der Waals surface area (Å²) in [7, 11) is 1.36. The third kappa shape index (κ3) is 6.11. The van der Waals surface area contributed by atoms with Gasteiger partial charge in [-0.25, -0.2) is 4.39 Å². The number of halogens is 2. The second kappa shape index (κ2) is 12.3. The molecule has 1 heterocycles. The summed E-state index contributed by atoms with van der Waals surface area (Å²) >= 11 is 0. The SMILES string of the molecule is CCCC=CCC1CCC(C2CCC(C3CC=C(c4ccc(OC)c(F)c4F)CC3)CO2)CC1. The molecule has 4 heteroatoms. The van der Waals surface area contributed by atoms with Gasteiger partial charge in [0.1, 0.15) is 0 Å². The molecule has 3 aliphatic rings. The summed E-state index contributed by atoms with van der Waals surface area (Å²) in [6.07, 6.45) is 21.5. The van der Waals surface area contributed by atoms with Crippen LogP contribution >= 0.6 is 0 Å². The predicted molar refractivity (Wildman–Crippen MR) is 135 cm³/mol. The van der Waals surface area contributed by atoms with Crippen LogP contribution in [0.3, 0.4) is 0 Å². The summed E-state index contributed by atoms with van der Waals surface area (Å²) in [6.45, 7) is 3.10. The molecule has 1 saturated carbocycles. The Bertz CT molecular complexity index is 846. The topological polar surface area (TPSA) is 18.5 Å². The zero-order chi connectivity index (χ0) is 23.9. The minimum atomic E-state index is -0.892. The molecule has 34 heavy (non-hydrogen) atoms. The summed E-state index contributed by atoms with van der Waals surface area (Å²) in [5.74, 6) is 1.06. The molecule has 2 aliphatic carbocycles. The van der Waals surface area contributed by atoms with Gasteiger partial charge < -0.3 is 9.47 Å². The number of unbranched alkanes of at least 4 members (excludes halogenated alkanes) is 1. The second-order valence-electron chi connectivity index (χ2n) is 10.7. The lowest BCUT2D eigenvalue weighted by Crippen LogP contribution is -2.36. The Morgan fingerprint density at radius 3 is 2.38 bits per heavy atom. The van der Waals surface area contributed by atoms with Gasteiger partial charge >= 0.3 is 0 Å². The van der Waals surface area contributed by atoms with Crippen molar-refractivity contribution in [3.63, 3.8) is 0 Å². The van der Waals surface area contributed by atoms with Crippen molar-refractivity contribution in [3.8, 4) is 5.75 Å². The van der Waals surface area contributed by atoms with Gasteiger partial charge in [-0.1, -0.05) is 31.6 Å². The molecule has 188 valence electrons. The molecule has 3 atom stereocenters. The van der Waals surface area contributed by atoms with Crippen LogP contribution in [-0.2, 0) is 4.74 Å². The maximum atomic E-state index is 14.5. The van der Waals surface area contributed by atoms with Crippen molar-refractivity contribution in [2.24, 2.45) is 23.7 Å². The van der Waals surface area contributed by atoms with Gasteiger partial charge in [-0.15, -0.1) is 0 Å². The van der Waals surface area contributed by atoms with E-state index in [1.54, 1.807) is 6.07 Å². The average Bonchev–Trinajstić information content (AvgIpc) is 2.89. The van der Waals surface area contributed by atoms with Crippen LogP contribution < -0.4 is 4.74 Å². The van der Waals surface area contributed by atoms with Crippen LogP contribution in [0.25, 0.3) is 5.57 Å². The van der Waals surface area contributed by atoms with E-state index in [2.05, 4.69) is 25.2 Å². The number of methoxy groups -OCH3 is 1. The van der Waals surface area contributed by atoms with E-state index in [1.807, 2.05) is 0 Å². The Hall–Kier alpha value is -1.68. The van der Waals surface area contributed by atoms with E-state index in [9.17, 15) is 8.78 Å². The van der Waals surface area contributed by atoms with E-state index in [-0.39, 0.29) is 5.75 Å². The van der Waals surface area contributed by atoms with Crippen molar-refractivity contribution in [2.45, 2.75) is 90.1 Å². The molecule has 3 unspecified atom stereocenters. The highest BCUT2D eigenvalue weighted by Gasteiger charge is 2.34. The molecule has 0 N–H and O–H groups in total. The van der Waals surface area contributed by atoms with Gasteiger partial charge in [-0.05, 0) is 112 Å². The Labute approximate surface area is 204 Å². The highest BCUT2D eigenvalue weighted by Crippen LogP contribution is 2.42. The van der Waals surface area contributed by atoms with Crippen molar-refractivity contribution >= 4 is 5.57 Å². The fourth-order valence-corrected chi connectivity index (χ4v) is 6.37. The second-order valence-corrected chi connectivity index (χ2v) is 10.7. The molecule has 0 bridgehead atoms. The predicted octanol–water partition coefficient (Wildman–Crippen LogP) is 8.50. The van der Waals surface area contributed by atoms with Crippen molar-refractivity contribution in [1.82, 2.24) is 0 Å². The van der Waals surface area contributed by atoms with Gasteiger partial charge in [-0.3, -0.25) is 0 Å². The Balaban J connectivity index is 1.22. The van der Waals surface area contributed by atoms with Gasteiger partial charge in [0, 0.05) is 5.56 Å². The summed E-state index contributed by atoms with van der Waals surface area (Å²) in [4.78, 5) is 0. The molecule has 1 aromatic rings. The lowest BCUT2D eigenvalue weighted by Gasteiger charge is -2.40. The Morgan fingerprint density at radius 2 is 1.74 bits per heavy atom. The van der Waals surface area contributed by atoms with Gasteiger partial charge in [-0.2, -0.15) is 4.39 Å². The molecular weight excluding hydrogens is 430 g/mol. The van der Waals surface area contributed by atoms with Crippen LogP contribution in [-0.4, -0.2) is 19.8 Å². The first-order chi connectivity index (χ1) is 16.6. The molecule has 1 aliphatic heterocycles. The van der Waals surface area contributed by atoms with Gasteiger partial charge in [0.25, 0.3) is 0 Å². The van der Waals surface area contributed by atoms with Crippen LogP contribution in [0, 0.1) is 35.3 Å². The minimum absolute atomic E-state index is 0.0401. The molecule has 2 fully saturated rings. The first-order valence-corrected chi connectivity index (χ1v) is 13.6. The highest BCUT2D eigenvalue weighted by molar-refractivity contribution is 5.67. The van der Waals surface area contributed by atoms with Gasteiger partial charge in [0.15, 0.2) is 11.6 Å². The summed E-state index contributed by atoms with van der Waals surface area (Å²) in [5.41, 5.74) is 1.30. The maximum absolute atomic E-state index is 14.5. The summed E-state index contributed by atoms with van der Waals surface area (Å²) < 4.78 is 40.0. The standard InChI is InChI=1S/C30H42F2O2/c1-3-4-5-6-7-21-8-10-24(11-9-21)27-18-16-25(20-34-27)22-12-14-23(15-13-22)26-17-19-28(33-2)30(32)29(26)31/h5-6,14,17,19,21-22,24-25,27H,3-4,7-13,15-16,18,20H2,1-2H3. The maximum Gasteiger partial charge on any atom is 0.201 e. The fraction of sp³-hybridized carbons (Fsp3) is 0.667. The molecule has 0 spiro atoms. The third-order valence-electron chi connectivity index (χ3n) is 8.59. The molecule has 0 aromatic heterocycles. The first-order valence-electron chi connectivity index (χ1n) is 13.6.